The first-order valence-electron chi connectivity index (χ1n) is 13.3. The maximum absolute atomic E-state index is 4.66. The maximum atomic E-state index is 4.66. The summed E-state index contributed by atoms with van der Waals surface area (Å²) in [6, 6.07) is 36.0. The molecule has 1 aliphatic rings. The summed E-state index contributed by atoms with van der Waals surface area (Å²) in [5.41, 5.74) is 11.1. The molecule has 2 aromatic heterocycles. The second-order valence-corrected chi connectivity index (χ2v) is 16.2. The molecule has 0 N–H and O–H groups in total. The Bertz CT molecular complexity index is 1500. The standard InChI is InChI=1S/C24H26NSi.C11H8N.Ir/c1-16(2)17-11-12-25-24(15-17)22-8-6-7-21-20-10-9-19(26(3,4)5)13-18(20)14-23(21)22;1-2-6-10(7-3-1)11-8-4-5-9-12-11;/h6-7,9-13,15-16H,14H2,1-5H3;1-6,8-9H;/q2*-1;. The van der Waals surface area contributed by atoms with Gasteiger partial charge in [-0.1, -0.05) is 86.2 Å². The van der Waals surface area contributed by atoms with Crippen LogP contribution in [0, 0.1) is 12.1 Å². The predicted octanol–water partition coefficient (Wildman–Crippen LogP) is 8.33. The van der Waals surface area contributed by atoms with Crippen molar-refractivity contribution < 1.29 is 20.1 Å². The number of pyridine rings is 2. The van der Waals surface area contributed by atoms with Crippen LogP contribution in [-0.4, -0.2) is 18.0 Å². The largest absolute Gasteiger partial charge is 0.305 e. The molecule has 2 nitrogen and oxygen atoms in total. The number of hydrogen-bond donors (Lipinski definition) is 0. The van der Waals surface area contributed by atoms with E-state index >= 15 is 0 Å². The third kappa shape index (κ3) is 6.53. The molecule has 5 aromatic rings. The van der Waals surface area contributed by atoms with Gasteiger partial charge in [-0.15, -0.1) is 65.2 Å². The number of aromatic nitrogens is 2. The van der Waals surface area contributed by atoms with Crippen molar-refractivity contribution in [3.8, 4) is 33.6 Å². The molecule has 0 saturated carbocycles. The topological polar surface area (TPSA) is 25.8 Å². The molecule has 1 aliphatic carbocycles. The molecule has 0 bridgehead atoms. The van der Waals surface area contributed by atoms with Crippen molar-refractivity contribution in [1.82, 2.24) is 9.97 Å². The molecule has 0 unspecified atom stereocenters. The van der Waals surface area contributed by atoms with Gasteiger partial charge in [-0.3, -0.25) is 0 Å². The van der Waals surface area contributed by atoms with Crippen LogP contribution < -0.4 is 5.19 Å². The van der Waals surface area contributed by atoms with Gasteiger partial charge in [-0.05, 0) is 47.0 Å². The number of nitrogens with zero attached hydrogens (tertiary/aromatic N) is 2. The summed E-state index contributed by atoms with van der Waals surface area (Å²) in [4.78, 5) is 8.88. The number of hydrogen-bond acceptors (Lipinski definition) is 2. The summed E-state index contributed by atoms with van der Waals surface area (Å²) in [5, 5.41) is 1.54. The molecule has 0 saturated heterocycles. The van der Waals surface area contributed by atoms with Gasteiger partial charge in [0.1, 0.15) is 0 Å². The van der Waals surface area contributed by atoms with Crippen molar-refractivity contribution in [1.29, 1.82) is 0 Å². The molecule has 0 fully saturated rings. The average Bonchev–Trinajstić information content (AvgIpc) is 3.32. The monoisotopic (exact) mass is 703 g/mol. The number of benzene rings is 3. The molecule has 1 radical (unpaired) electrons. The van der Waals surface area contributed by atoms with E-state index in [0.29, 0.717) is 5.92 Å². The van der Waals surface area contributed by atoms with Crippen LogP contribution in [-0.2, 0) is 26.5 Å². The van der Waals surface area contributed by atoms with Crippen molar-refractivity contribution in [2.45, 2.75) is 45.8 Å². The van der Waals surface area contributed by atoms with Crippen LogP contribution in [0.15, 0.2) is 97.3 Å². The van der Waals surface area contributed by atoms with E-state index < -0.39 is 8.07 Å². The van der Waals surface area contributed by atoms with Crippen LogP contribution in [0.1, 0.15) is 36.5 Å². The summed E-state index contributed by atoms with van der Waals surface area (Å²) in [5.74, 6) is 0.505. The Hall–Kier alpha value is -3.17. The van der Waals surface area contributed by atoms with Crippen LogP contribution in [0.2, 0.25) is 19.6 Å². The quantitative estimate of drug-likeness (QED) is 0.136. The van der Waals surface area contributed by atoms with E-state index in [9.17, 15) is 0 Å². The average molecular weight is 703 g/mol. The van der Waals surface area contributed by atoms with E-state index in [0.717, 1.165) is 28.9 Å². The minimum Gasteiger partial charge on any atom is -0.305 e. The Labute approximate surface area is 248 Å². The fourth-order valence-electron chi connectivity index (χ4n) is 4.87. The second-order valence-electron chi connectivity index (χ2n) is 11.2. The van der Waals surface area contributed by atoms with Gasteiger partial charge >= 0.3 is 0 Å². The summed E-state index contributed by atoms with van der Waals surface area (Å²) in [6.45, 7) is 11.7. The van der Waals surface area contributed by atoms with E-state index in [1.54, 1.807) is 6.20 Å². The van der Waals surface area contributed by atoms with Crippen LogP contribution >= 0.6 is 0 Å². The van der Waals surface area contributed by atoms with Crippen molar-refractivity contribution in [3.05, 3.63) is 126 Å². The molecular weight excluding hydrogens is 669 g/mol. The third-order valence-corrected chi connectivity index (χ3v) is 9.13. The predicted molar refractivity (Wildman–Crippen MR) is 162 cm³/mol. The molecule has 39 heavy (non-hydrogen) atoms. The van der Waals surface area contributed by atoms with E-state index in [1.165, 1.54) is 33.0 Å². The molecule has 0 atom stereocenters. The minimum atomic E-state index is -1.30. The SMILES string of the molecule is CC(C)c1ccnc(-c2[c-]ccc3c2Cc2cc([Si](C)(C)C)ccc2-3)c1.[Ir].[c-]1ccccc1-c1ccccn1. The van der Waals surface area contributed by atoms with Gasteiger partial charge in [-0.2, -0.15) is 0 Å². The Morgan fingerprint density at radius 3 is 2.23 bits per heavy atom. The van der Waals surface area contributed by atoms with E-state index in [-0.39, 0.29) is 20.1 Å². The van der Waals surface area contributed by atoms with Crippen LogP contribution in [0.5, 0.6) is 0 Å². The Morgan fingerprint density at radius 1 is 0.744 bits per heavy atom. The van der Waals surface area contributed by atoms with Gasteiger partial charge < -0.3 is 9.97 Å². The molecule has 0 aliphatic heterocycles. The summed E-state index contributed by atoms with van der Waals surface area (Å²) >= 11 is 0. The maximum Gasteiger partial charge on any atom is 0.0776 e. The van der Waals surface area contributed by atoms with Crippen LogP contribution in [0.4, 0.5) is 0 Å². The van der Waals surface area contributed by atoms with E-state index in [4.69, 9.17) is 0 Å². The summed E-state index contributed by atoms with van der Waals surface area (Å²) in [7, 11) is -1.30. The normalized spacial score (nSPS) is 11.6. The number of rotatable bonds is 4. The minimum absolute atomic E-state index is 0. The molecule has 6 rings (SSSR count). The molecule has 2 heterocycles. The smallest absolute Gasteiger partial charge is 0.0776 e. The molecule has 4 heteroatoms. The summed E-state index contributed by atoms with van der Waals surface area (Å²) in [6.07, 6.45) is 4.71. The summed E-state index contributed by atoms with van der Waals surface area (Å²) < 4.78 is 0. The van der Waals surface area contributed by atoms with Gasteiger partial charge in [0.2, 0.25) is 0 Å². The van der Waals surface area contributed by atoms with Gasteiger partial charge in [0.25, 0.3) is 0 Å². The fourth-order valence-corrected chi connectivity index (χ4v) is 6.06. The Balaban J connectivity index is 0.000000228. The van der Waals surface area contributed by atoms with Crippen molar-refractivity contribution in [2.24, 2.45) is 0 Å². The van der Waals surface area contributed by atoms with E-state index in [2.05, 4.69) is 98.1 Å². The molecule has 199 valence electrons. The first-order valence-corrected chi connectivity index (χ1v) is 16.8. The zero-order valence-corrected chi connectivity index (χ0v) is 26.6. The number of fused-ring (bicyclic) bond motifs is 3. The zero-order valence-electron chi connectivity index (χ0n) is 23.2. The third-order valence-electron chi connectivity index (χ3n) is 7.09. The van der Waals surface area contributed by atoms with Gasteiger partial charge in [0, 0.05) is 32.5 Å². The van der Waals surface area contributed by atoms with Crippen molar-refractivity contribution >= 4 is 13.3 Å². The van der Waals surface area contributed by atoms with Crippen molar-refractivity contribution in [3.63, 3.8) is 0 Å². The first-order chi connectivity index (χ1) is 18.3. The van der Waals surface area contributed by atoms with Crippen LogP contribution in [0.3, 0.4) is 0 Å². The molecular formula is C35H34IrN2Si-2. The van der Waals surface area contributed by atoms with Gasteiger partial charge in [0.15, 0.2) is 0 Å². The van der Waals surface area contributed by atoms with Crippen LogP contribution in [0.25, 0.3) is 33.6 Å². The Kier molecular flexibility index (Phi) is 9.12. The van der Waals surface area contributed by atoms with Crippen molar-refractivity contribution in [2.75, 3.05) is 0 Å². The van der Waals surface area contributed by atoms with Gasteiger partial charge in [0.05, 0.1) is 8.07 Å². The fraction of sp³-hybridized carbons (Fsp3) is 0.200. The van der Waals surface area contributed by atoms with E-state index in [1.807, 2.05) is 48.7 Å². The second kappa shape index (κ2) is 12.3. The first kappa shape index (κ1) is 28.8. The molecule has 0 spiro atoms. The zero-order chi connectivity index (χ0) is 26.7. The molecule has 0 amide bonds. The van der Waals surface area contributed by atoms with Gasteiger partial charge in [-0.25, -0.2) is 0 Å². The molecule has 3 aromatic carbocycles. The Morgan fingerprint density at radius 2 is 1.54 bits per heavy atom.